The van der Waals surface area contributed by atoms with E-state index in [2.05, 4.69) is 29.5 Å². The molecule has 6 nitrogen and oxygen atoms in total. The van der Waals surface area contributed by atoms with Gasteiger partial charge in [-0.25, -0.2) is 0 Å². The van der Waals surface area contributed by atoms with Crippen LogP contribution in [0.25, 0.3) is 0 Å². The van der Waals surface area contributed by atoms with Crippen molar-refractivity contribution in [2.75, 3.05) is 26.2 Å². The van der Waals surface area contributed by atoms with Gasteiger partial charge in [0.2, 0.25) is 11.8 Å². The molecule has 1 aliphatic heterocycles. The van der Waals surface area contributed by atoms with Gasteiger partial charge in [-0.05, 0) is 24.5 Å². The van der Waals surface area contributed by atoms with E-state index in [-0.39, 0.29) is 30.9 Å². The van der Waals surface area contributed by atoms with E-state index in [9.17, 15) is 9.59 Å². The number of carbonyl (C=O) groups excluding carboxylic acids is 2. The molecular weight excluding hydrogens is 280 g/mol. The number of pyridine rings is 1. The Morgan fingerprint density at radius 2 is 2.27 bits per heavy atom. The third-order valence-corrected chi connectivity index (χ3v) is 3.88. The van der Waals surface area contributed by atoms with E-state index in [1.807, 2.05) is 19.1 Å². The number of hydrogen-bond acceptors (Lipinski definition) is 4. The maximum atomic E-state index is 12.2. The van der Waals surface area contributed by atoms with Crippen LogP contribution in [-0.4, -0.2) is 47.9 Å². The highest BCUT2D eigenvalue weighted by Crippen LogP contribution is 2.22. The quantitative estimate of drug-likeness (QED) is 0.837. The highest BCUT2D eigenvalue weighted by Gasteiger charge is 2.24. The second-order valence-corrected chi connectivity index (χ2v) is 5.97. The van der Waals surface area contributed by atoms with Gasteiger partial charge in [-0.3, -0.25) is 19.9 Å². The van der Waals surface area contributed by atoms with Crippen molar-refractivity contribution in [3.63, 3.8) is 0 Å². The molecule has 0 unspecified atom stereocenters. The number of nitrogens with one attached hydrogen (secondary N) is 2. The summed E-state index contributed by atoms with van der Waals surface area (Å²) in [4.78, 5) is 29.6. The molecule has 0 bridgehead atoms. The number of aromatic nitrogens is 1. The van der Waals surface area contributed by atoms with Gasteiger partial charge in [-0.2, -0.15) is 0 Å². The van der Waals surface area contributed by atoms with Gasteiger partial charge in [0.05, 0.1) is 24.8 Å². The Labute approximate surface area is 131 Å². The number of hydrogen-bond donors (Lipinski definition) is 2. The van der Waals surface area contributed by atoms with Gasteiger partial charge in [0.1, 0.15) is 0 Å². The molecule has 1 aromatic rings. The summed E-state index contributed by atoms with van der Waals surface area (Å²) in [5.74, 6) is 0.167. The normalized spacial score (nSPS) is 16.5. The molecule has 1 aliphatic rings. The summed E-state index contributed by atoms with van der Waals surface area (Å²) in [6.07, 6.45) is 1.77. The van der Waals surface area contributed by atoms with Crippen LogP contribution in [0, 0.1) is 12.8 Å². The second-order valence-electron chi connectivity index (χ2n) is 5.97. The maximum absolute atomic E-state index is 12.2. The molecule has 1 aromatic heterocycles. The van der Waals surface area contributed by atoms with Gasteiger partial charge >= 0.3 is 0 Å². The third-order valence-electron chi connectivity index (χ3n) is 3.88. The zero-order valence-corrected chi connectivity index (χ0v) is 13.4. The number of amides is 2. The lowest BCUT2D eigenvalue weighted by atomic mass is 9.97. The van der Waals surface area contributed by atoms with Gasteiger partial charge in [-0.1, -0.05) is 19.9 Å². The number of aryl methyl sites for hydroxylation is 1. The van der Waals surface area contributed by atoms with Crippen LogP contribution in [0.1, 0.15) is 31.1 Å². The molecule has 6 heteroatoms. The molecule has 2 heterocycles. The van der Waals surface area contributed by atoms with Crippen molar-refractivity contribution in [2.45, 2.75) is 26.8 Å². The molecule has 2 amide bonds. The number of carbonyl (C=O) groups is 2. The van der Waals surface area contributed by atoms with Crippen LogP contribution in [0.5, 0.6) is 0 Å². The SMILES string of the molecule is Cc1cccnc1[C@@H](NCC(=O)N1CCNC(=O)C1)C(C)C. The van der Waals surface area contributed by atoms with E-state index < -0.39 is 0 Å². The summed E-state index contributed by atoms with van der Waals surface area (Å²) >= 11 is 0. The van der Waals surface area contributed by atoms with Gasteiger partial charge in [0, 0.05) is 19.3 Å². The second kappa shape index (κ2) is 7.35. The van der Waals surface area contributed by atoms with E-state index in [0.29, 0.717) is 19.0 Å². The van der Waals surface area contributed by atoms with Crippen molar-refractivity contribution in [1.82, 2.24) is 20.5 Å². The molecule has 2 N–H and O–H groups in total. The Morgan fingerprint density at radius 3 is 2.91 bits per heavy atom. The van der Waals surface area contributed by atoms with Crippen molar-refractivity contribution in [3.8, 4) is 0 Å². The Balaban J connectivity index is 1.99. The molecule has 1 fully saturated rings. The van der Waals surface area contributed by atoms with Crippen LogP contribution >= 0.6 is 0 Å². The topological polar surface area (TPSA) is 74.3 Å². The summed E-state index contributed by atoms with van der Waals surface area (Å²) in [5, 5.41) is 6.02. The summed E-state index contributed by atoms with van der Waals surface area (Å²) in [6.45, 7) is 7.69. The highest BCUT2D eigenvalue weighted by atomic mass is 16.2. The molecule has 1 saturated heterocycles. The van der Waals surface area contributed by atoms with Gasteiger partial charge in [0.15, 0.2) is 0 Å². The predicted octanol–water partition coefficient (Wildman–Crippen LogP) is 0.635. The van der Waals surface area contributed by atoms with Gasteiger partial charge < -0.3 is 10.2 Å². The summed E-state index contributed by atoms with van der Waals surface area (Å²) in [5.41, 5.74) is 2.08. The first-order chi connectivity index (χ1) is 10.5. The summed E-state index contributed by atoms with van der Waals surface area (Å²) < 4.78 is 0. The Bertz CT molecular complexity index is 545. The zero-order valence-electron chi connectivity index (χ0n) is 13.4. The number of nitrogens with zero attached hydrogens (tertiary/aromatic N) is 2. The average Bonchev–Trinajstić information content (AvgIpc) is 2.48. The van der Waals surface area contributed by atoms with Crippen LogP contribution in [-0.2, 0) is 9.59 Å². The fourth-order valence-electron chi connectivity index (χ4n) is 2.63. The maximum Gasteiger partial charge on any atom is 0.239 e. The highest BCUT2D eigenvalue weighted by molar-refractivity contribution is 5.86. The van der Waals surface area contributed by atoms with Crippen LogP contribution in [0.4, 0.5) is 0 Å². The largest absolute Gasteiger partial charge is 0.353 e. The standard InChI is InChI=1S/C16H24N4O2/c1-11(2)15(16-12(3)5-4-6-18-16)19-9-14(22)20-8-7-17-13(21)10-20/h4-6,11,15,19H,7-10H2,1-3H3,(H,17,21)/t15-/m0/s1. The fraction of sp³-hybridized carbons (Fsp3) is 0.562. The smallest absolute Gasteiger partial charge is 0.239 e. The zero-order chi connectivity index (χ0) is 16.1. The number of piperazine rings is 1. The molecule has 0 spiro atoms. The molecule has 0 aromatic carbocycles. The third kappa shape index (κ3) is 4.04. The van der Waals surface area contributed by atoms with Crippen molar-refractivity contribution >= 4 is 11.8 Å². The van der Waals surface area contributed by atoms with Crippen LogP contribution < -0.4 is 10.6 Å². The average molecular weight is 304 g/mol. The molecule has 120 valence electrons. The Hall–Kier alpha value is -1.95. The van der Waals surface area contributed by atoms with Crippen molar-refractivity contribution in [1.29, 1.82) is 0 Å². The monoisotopic (exact) mass is 304 g/mol. The lowest BCUT2D eigenvalue weighted by Gasteiger charge is -2.28. The van der Waals surface area contributed by atoms with Crippen LogP contribution in [0.3, 0.4) is 0 Å². The van der Waals surface area contributed by atoms with E-state index in [1.54, 1.807) is 11.1 Å². The molecular formula is C16H24N4O2. The van der Waals surface area contributed by atoms with Crippen LogP contribution in [0.2, 0.25) is 0 Å². The first kappa shape index (κ1) is 16.4. The van der Waals surface area contributed by atoms with E-state index in [0.717, 1.165) is 11.3 Å². The minimum absolute atomic E-state index is 0.0174. The van der Waals surface area contributed by atoms with E-state index in [1.165, 1.54) is 0 Å². The molecule has 2 rings (SSSR count). The number of rotatable bonds is 5. The molecule has 0 saturated carbocycles. The molecule has 0 aliphatic carbocycles. The Morgan fingerprint density at radius 1 is 1.50 bits per heavy atom. The van der Waals surface area contributed by atoms with Crippen molar-refractivity contribution in [3.05, 3.63) is 29.6 Å². The van der Waals surface area contributed by atoms with E-state index >= 15 is 0 Å². The minimum atomic E-state index is -0.0967. The van der Waals surface area contributed by atoms with Crippen molar-refractivity contribution < 1.29 is 9.59 Å². The summed E-state index contributed by atoms with van der Waals surface area (Å²) in [7, 11) is 0. The molecule has 0 radical (unpaired) electrons. The van der Waals surface area contributed by atoms with Gasteiger partial charge in [0.25, 0.3) is 0 Å². The molecule has 1 atom stereocenters. The molecule has 22 heavy (non-hydrogen) atoms. The Kier molecular flexibility index (Phi) is 5.49. The first-order valence-corrected chi connectivity index (χ1v) is 7.68. The lowest BCUT2D eigenvalue weighted by molar-refractivity contribution is -0.137. The summed E-state index contributed by atoms with van der Waals surface area (Å²) in [6, 6.07) is 3.95. The van der Waals surface area contributed by atoms with Gasteiger partial charge in [-0.15, -0.1) is 0 Å². The lowest BCUT2D eigenvalue weighted by Crippen LogP contribution is -2.52. The minimum Gasteiger partial charge on any atom is -0.353 e. The predicted molar refractivity (Wildman–Crippen MR) is 84.1 cm³/mol. The van der Waals surface area contributed by atoms with Crippen LogP contribution in [0.15, 0.2) is 18.3 Å². The van der Waals surface area contributed by atoms with E-state index in [4.69, 9.17) is 0 Å². The fourth-order valence-corrected chi connectivity index (χ4v) is 2.63. The van der Waals surface area contributed by atoms with Crippen molar-refractivity contribution in [2.24, 2.45) is 5.92 Å². The first-order valence-electron chi connectivity index (χ1n) is 7.68.